The van der Waals surface area contributed by atoms with E-state index >= 15 is 0 Å². The molecule has 3 rings (SSSR count). The summed E-state index contributed by atoms with van der Waals surface area (Å²) in [6.07, 6.45) is 4.34. The van der Waals surface area contributed by atoms with Crippen LogP contribution in [0.4, 0.5) is 5.82 Å². The highest BCUT2D eigenvalue weighted by Gasteiger charge is 2.28. The number of aromatic nitrogens is 3. The summed E-state index contributed by atoms with van der Waals surface area (Å²) < 4.78 is 7.15. The minimum Gasteiger partial charge on any atom is -0.379 e. The summed E-state index contributed by atoms with van der Waals surface area (Å²) in [4.78, 5) is 36.4. The third-order valence-corrected chi connectivity index (χ3v) is 5.16. The summed E-state index contributed by atoms with van der Waals surface area (Å²) >= 11 is 0. The number of fused-ring (bicyclic) bond motifs is 1. The molecular formula is C21H31N5O3. The molecule has 0 saturated carbocycles. The minimum absolute atomic E-state index is 0.0394. The molecule has 1 aliphatic heterocycles. The Balaban J connectivity index is 1.68. The molecule has 0 bridgehead atoms. The molecule has 158 valence electrons. The topological polar surface area (TPSA) is 89.4 Å². The van der Waals surface area contributed by atoms with E-state index < -0.39 is 0 Å². The number of aryl methyl sites for hydroxylation is 1. The van der Waals surface area contributed by atoms with Crippen LogP contribution in [0.1, 0.15) is 40.0 Å². The molecule has 29 heavy (non-hydrogen) atoms. The van der Waals surface area contributed by atoms with Crippen LogP contribution < -0.4 is 15.8 Å². The summed E-state index contributed by atoms with van der Waals surface area (Å²) in [5.41, 5.74) is 1.14. The average Bonchev–Trinajstić information content (AvgIpc) is 2.73. The van der Waals surface area contributed by atoms with Crippen molar-refractivity contribution in [3.8, 4) is 0 Å². The number of rotatable bonds is 8. The molecule has 1 amide bonds. The molecule has 3 heterocycles. The molecule has 8 nitrogen and oxygen atoms in total. The van der Waals surface area contributed by atoms with Crippen LogP contribution in [0.25, 0.3) is 11.2 Å². The molecule has 8 heteroatoms. The lowest BCUT2D eigenvalue weighted by molar-refractivity contribution is -0.125. The number of nitrogens with one attached hydrogen (secondary N) is 1. The molecule has 0 radical (unpaired) electrons. The van der Waals surface area contributed by atoms with Crippen molar-refractivity contribution in [2.75, 3.05) is 31.1 Å². The van der Waals surface area contributed by atoms with Crippen LogP contribution in [0.5, 0.6) is 0 Å². The predicted molar refractivity (Wildman–Crippen MR) is 113 cm³/mol. The van der Waals surface area contributed by atoms with Crippen molar-refractivity contribution >= 4 is 22.9 Å². The molecular weight excluding hydrogens is 370 g/mol. The van der Waals surface area contributed by atoms with E-state index in [-0.39, 0.29) is 23.5 Å². The van der Waals surface area contributed by atoms with E-state index in [0.29, 0.717) is 43.2 Å². The van der Waals surface area contributed by atoms with Crippen molar-refractivity contribution in [3.63, 3.8) is 0 Å². The van der Waals surface area contributed by atoms with Gasteiger partial charge >= 0.3 is 0 Å². The number of nitrogens with zero attached hydrogens (tertiary/aromatic N) is 4. The first-order valence-electron chi connectivity index (χ1n) is 10.5. The summed E-state index contributed by atoms with van der Waals surface area (Å²) in [6, 6.07) is 3.68. The summed E-state index contributed by atoms with van der Waals surface area (Å²) in [7, 11) is 0. The molecule has 0 aliphatic carbocycles. The number of carbonyl (C=O) groups excluding carboxylic acids is 1. The van der Waals surface area contributed by atoms with Gasteiger partial charge in [-0.3, -0.25) is 14.2 Å². The number of piperidine rings is 1. The summed E-state index contributed by atoms with van der Waals surface area (Å²) in [5, 5.41) is 3.01. The summed E-state index contributed by atoms with van der Waals surface area (Å²) in [6.45, 7) is 8.92. The first-order chi connectivity index (χ1) is 14.0. The Morgan fingerprint density at radius 2 is 2.24 bits per heavy atom. The van der Waals surface area contributed by atoms with Crippen LogP contribution in [-0.2, 0) is 16.1 Å². The lowest BCUT2D eigenvalue weighted by Gasteiger charge is -2.32. The Hall–Kier alpha value is -2.48. The van der Waals surface area contributed by atoms with Gasteiger partial charge in [-0.15, -0.1) is 0 Å². The maximum Gasteiger partial charge on any atom is 0.295 e. The maximum atomic E-state index is 13.0. The zero-order valence-corrected chi connectivity index (χ0v) is 17.6. The number of amides is 1. The Morgan fingerprint density at radius 1 is 1.41 bits per heavy atom. The number of hydrogen-bond donors (Lipinski definition) is 1. The van der Waals surface area contributed by atoms with E-state index in [1.165, 1.54) is 0 Å². The normalized spacial score (nSPS) is 17.1. The standard InChI is InChI=1S/C21H31N5O3/c1-4-26-18-17(9-5-10-22-18)24-19(21(26)28)25-12-6-8-16(14-25)20(27)23-11-7-13-29-15(2)3/h5,9-10,15-16H,4,6-8,11-14H2,1-3H3,(H,23,27). The second kappa shape index (κ2) is 9.82. The lowest BCUT2D eigenvalue weighted by Crippen LogP contribution is -2.45. The van der Waals surface area contributed by atoms with Crippen LogP contribution in [0.3, 0.4) is 0 Å². The van der Waals surface area contributed by atoms with Crippen molar-refractivity contribution in [2.45, 2.75) is 52.7 Å². The largest absolute Gasteiger partial charge is 0.379 e. The number of pyridine rings is 1. The van der Waals surface area contributed by atoms with Gasteiger partial charge < -0.3 is 15.0 Å². The van der Waals surface area contributed by atoms with Crippen molar-refractivity contribution in [1.29, 1.82) is 0 Å². The van der Waals surface area contributed by atoms with Gasteiger partial charge in [-0.1, -0.05) is 0 Å². The van der Waals surface area contributed by atoms with Gasteiger partial charge in [0.05, 0.1) is 12.0 Å². The smallest absolute Gasteiger partial charge is 0.295 e. The fraction of sp³-hybridized carbons (Fsp3) is 0.619. The highest BCUT2D eigenvalue weighted by atomic mass is 16.5. The first-order valence-corrected chi connectivity index (χ1v) is 10.5. The second-order valence-electron chi connectivity index (χ2n) is 7.68. The fourth-order valence-electron chi connectivity index (χ4n) is 3.69. The molecule has 2 aromatic heterocycles. The third-order valence-electron chi connectivity index (χ3n) is 5.16. The Morgan fingerprint density at radius 3 is 3.00 bits per heavy atom. The van der Waals surface area contributed by atoms with E-state index in [1.54, 1.807) is 10.8 Å². The highest BCUT2D eigenvalue weighted by Crippen LogP contribution is 2.21. The fourth-order valence-corrected chi connectivity index (χ4v) is 3.69. The quantitative estimate of drug-likeness (QED) is 0.680. The maximum absolute atomic E-state index is 13.0. The van der Waals surface area contributed by atoms with E-state index in [0.717, 1.165) is 25.8 Å². The SMILES string of the molecule is CCn1c(=O)c(N2CCCC(C(=O)NCCCOC(C)C)C2)nc2cccnc21. The van der Waals surface area contributed by atoms with Crippen molar-refractivity contribution < 1.29 is 9.53 Å². The third kappa shape index (κ3) is 5.12. The van der Waals surface area contributed by atoms with E-state index in [2.05, 4.69) is 15.3 Å². The van der Waals surface area contributed by atoms with Gasteiger partial charge in [-0.25, -0.2) is 9.97 Å². The zero-order valence-electron chi connectivity index (χ0n) is 17.6. The van der Waals surface area contributed by atoms with Gasteiger partial charge in [0, 0.05) is 39.0 Å². The van der Waals surface area contributed by atoms with Gasteiger partial charge in [0.2, 0.25) is 5.91 Å². The molecule has 0 aromatic carbocycles. The molecule has 1 fully saturated rings. The first kappa shape index (κ1) is 21.2. The molecule has 1 saturated heterocycles. The van der Waals surface area contributed by atoms with Crippen LogP contribution in [0.15, 0.2) is 23.1 Å². The van der Waals surface area contributed by atoms with Crippen LogP contribution in [0, 0.1) is 5.92 Å². The van der Waals surface area contributed by atoms with Crippen molar-refractivity contribution in [1.82, 2.24) is 19.9 Å². The van der Waals surface area contributed by atoms with Crippen LogP contribution in [-0.4, -0.2) is 52.8 Å². The molecule has 2 aromatic rings. The second-order valence-corrected chi connectivity index (χ2v) is 7.68. The number of carbonyl (C=O) groups is 1. The highest BCUT2D eigenvalue weighted by molar-refractivity contribution is 5.79. The number of anilines is 1. The Labute approximate surface area is 171 Å². The number of ether oxygens (including phenoxy) is 1. The molecule has 0 spiro atoms. The van der Waals surface area contributed by atoms with Gasteiger partial charge in [-0.2, -0.15) is 0 Å². The Kier molecular flexibility index (Phi) is 7.19. The lowest BCUT2D eigenvalue weighted by atomic mass is 9.97. The minimum atomic E-state index is -0.148. The summed E-state index contributed by atoms with van der Waals surface area (Å²) in [5.74, 6) is 0.309. The predicted octanol–water partition coefficient (Wildman–Crippen LogP) is 1.96. The number of hydrogen-bond acceptors (Lipinski definition) is 6. The van der Waals surface area contributed by atoms with Gasteiger partial charge in [0.25, 0.3) is 5.56 Å². The van der Waals surface area contributed by atoms with E-state index in [9.17, 15) is 9.59 Å². The molecule has 1 unspecified atom stereocenters. The Bertz CT molecular complexity index is 896. The zero-order chi connectivity index (χ0) is 20.8. The van der Waals surface area contributed by atoms with Crippen molar-refractivity contribution in [3.05, 3.63) is 28.7 Å². The van der Waals surface area contributed by atoms with Gasteiger partial charge in [0.1, 0.15) is 5.52 Å². The van der Waals surface area contributed by atoms with E-state index in [1.807, 2.05) is 37.8 Å². The molecule has 1 aliphatic rings. The molecule has 1 atom stereocenters. The van der Waals surface area contributed by atoms with Crippen LogP contribution in [0.2, 0.25) is 0 Å². The molecule has 1 N–H and O–H groups in total. The van der Waals surface area contributed by atoms with Gasteiger partial charge in [-0.05, 0) is 52.2 Å². The van der Waals surface area contributed by atoms with E-state index in [4.69, 9.17) is 4.74 Å². The van der Waals surface area contributed by atoms with Crippen molar-refractivity contribution in [2.24, 2.45) is 5.92 Å². The average molecular weight is 402 g/mol. The van der Waals surface area contributed by atoms with Crippen LogP contribution >= 0.6 is 0 Å². The monoisotopic (exact) mass is 401 g/mol. The van der Waals surface area contributed by atoms with Gasteiger partial charge in [0.15, 0.2) is 11.5 Å².